The number of nitrogens with zero attached hydrogens (tertiary/aromatic N) is 3. The highest BCUT2D eigenvalue weighted by atomic mass is 79.9. The Morgan fingerprint density at radius 2 is 1.88 bits per heavy atom. The fourth-order valence-corrected chi connectivity index (χ4v) is 2.48. The van der Waals surface area contributed by atoms with E-state index in [0.717, 1.165) is 42.6 Å². The van der Waals surface area contributed by atoms with E-state index in [1.165, 1.54) is 0 Å². The molecule has 0 aromatic carbocycles. The van der Waals surface area contributed by atoms with Crippen LogP contribution in [0.25, 0.3) is 0 Å². The monoisotopic (exact) mass is 287 g/mol. The molecular formula is C11H18BrN3O. The van der Waals surface area contributed by atoms with Gasteiger partial charge in [0.15, 0.2) is 0 Å². The molecule has 2 rings (SSSR count). The number of piperazine rings is 1. The highest BCUT2D eigenvalue weighted by Crippen LogP contribution is 2.29. The minimum Gasteiger partial charge on any atom is -0.427 e. The van der Waals surface area contributed by atoms with Gasteiger partial charge in [-0.3, -0.25) is 0 Å². The van der Waals surface area contributed by atoms with Gasteiger partial charge in [-0.15, -0.1) is 0 Å². The standard InChI is InChI=1S/C11H18BrN3O/c1-8(2)9-10(12)13-11(16-9)15-6-4-14(3)5-7-15/h8H,4-7H2,1-3H3. The number of oxazole rings is 1. The predicted octanol–water partition coefficient (Wildman–Crippen LogP) is 2.31. The van der Waals surface area contributed by atoms with E-state index in [-0.39, 0.29) is 0 Å². The molecule has 1 aromatic heterocycles. The van der Waals surface area contributed by atoms with Crippen LogP contribution in [0.5, 0.6) is 0 Å². The lowest BCUT2D eigenvalue weighted by Gasteiger charge is -2.31. The van der Waals surface area contributed by atoms with Crippen LogP contribution in [0.4, 0.5) is 6.01 Å². The lowest BCUT2D eigenvalue weighted by atomic mass is 10.2. The van der Waals surface area contributed by atoms with Crippen molar-refractivity contribution in [3.63, 3.8) is 0 Å². The third kappa shape index (κ3) is 2.40. The Hall–Kier alpha value is -0.550. The molecule has 1 aliphatic heterocycles. The average molecular weight is 288 g/mol. The Morgan fingerprint density at radius 1 is 1.25 bits per heavy atom. The topological polar surface area (TPSA) is 32.5 Å². The van der Waals surface area contributed by atoms with Crippen molar-refractivity contribution >= 4 is 21.9 Å². The summed E-state index contributed by atoms with van der Waals surface area (Å²) in [4.78, 5) is 8.96. The van der Waals surface area contributed by atoms with E-state index in [0.29, 0.717) is 5.92 Å². The highest BCUT2D eigenvalue weighted by molar-refractivity contribution is 9.10. The molecule has 1 fully saturated rings. The normalized spacial score (nSPS) is 18.4. The number of hydrogen-bond donors (Lipinski definition) is 0. The van der Waals surface area contributed by atoms with E-state index in [1.54, 1.807) is 0 Å². The van der Waals surface area contributed by atoms with Gasteiger partial charge in [-0.1, -0.05) is 13.8 Å². The molecule has 1 aromatic rings. The summed E-state index contributed by atoms with van der Waals surface area (Å²) in [7, 11) is 2.14. The van der Waals surface area contributed by atoms with E-state index in [1.807, 2.05) is 0 Å². The van der Waals surface area contributed by atoms with E-state index in [2.05, 4.69) is 51.6 Å². The summed E-state index contributed by atoms with van der Waals surface area (Å²) in [5.41, 5.74) is 0. The number of likely N-dealkylation sites (N-methyl/N-ethyl adjacent to an activating group) is 1. The van der Waals surface area contributed by atoms with E-state index >= 15 is 0 Å². The third-order valence-corrected chi connectivity index (χ3v) is 3.46. The number of anilines is 1. The average Bonchev–Trinajstić information content (AvgIpc) is 2.61. The van der Waals surface area contributed by atoms with Crippen LogP contribution < -0.4 is 4.90 Å². The van der Waals surface area contributed by atoms with Gasteiger partial charge in [0.1, 0.15) is 10.4 Å². The largest absolute Gasteiger partial charge is 0.427 e. The molecule has 0 saturated carbocycles. The van der Waals surface area contributed by atoms with Crippen LogP contribution in [0.2, 0.25) is 0 Å². The molecule has 1 saturated heterocycles. The second-order valence-corrected chi connectivity index (χ2v) is 5.35. The van der Waals surface area contributed by atoms with Gasteiger partial charge in [0.25, 0.3) is 6.01 Å². The zero-order chi connectivity index (χ0) is 11.7. The van der Waals surface area contributed by atoms with Gasteiger partial charge in [0.05, 0.1) is 0 Å². The van der Waals surface area contributed by atoms with Crippen molar-refractivity contribution in [2.24, 2.45) is 0 Å². The second-order valence-electron chi connectivity index (χ2n) is 4.60. The first kappa shape index (κ1) is 11.9. The Kier molecular flexibility index (Phi) is 3.54. The van der Waals surface area contributed by atoms with Gasteiger partial charge < -0.3 is 14.2 Å². The molecule has 0 atom stereocenters. The fourth-order valence-electron chi connectivity index (χ4n) is 1.79. The summed E-state index contributed by atoms with van der Waals surface area (Å²) >= 11 is 3.45. The second kappa shape index (κ2) is 4.75. The molecule has 0 unspecified atom stereocenters. The first-order valence-electron chi connectivity index (χ1n) is 5.67. The number of halogens is 1. The summed E-state index contributed by atoms with van der Waals surface area (Å²) in [6, 6.07) is 0.753. The number of rotatable bonds is 2. The van der Waals surface area contributed by atoms with Gasteiger partial charge in [0, 0.05) is 32.1 Å². The van der Waals surface area contributed by atoms with Crippen LogP contribution in [0.1, 0.15) is 25.5 Å². The summed E-state index contributed by atoms with van der Waals surface area (Å²) in [5, 5.41) is 0. The number of aromatic nitrogens is 1. The van der Waals surface area contributed by atoms with Gasteiger partial charge in [-0.2, -0.15) is 4.98 Å². The van der Waals surface area contributed by atoms with Crippen molar-refractivity contribution < 1.29 is 4.42 Å². The summed E-state index contributed by atoms with van der Waals surface area (Å²) in [5.74, 6) is 1.30. The van der Waals surface area contributed by atoms with Crippen LogP contribution in [0, 0.1) is 0 Å². The summed E-state index contributed by atoms with van der Waals surface area (Å²) < 4.78 is 6.64. The molecule has 16 heavy (non-hydrogen) atoms. The van der Waals surface area contributed by atoms with Crippen LogP contribution in [-0.4, -0.2) is 43.1 Å². The lowest BCUT2D eigenvalue weighted by Crippen LogP contribution is -2.44. The molecule has 0 N–H and O–H groups in total. The van der Waals surface area contributed by atoms with Crippen molar-refractivity contribution in [1.82, 2.24) is 9.88 Å². The Labute approximate surface area is 105 Å². The SMILES string of the molecule is CC(C)c1oc(N2CCN(C)CC2)nc1Br. The van der Waals surface area contributed by atoms with Crippen LogP contribution in [-0.2, 0) is 0 Å². The summed E-state index contributed by atoms with van der Waals surface area (Å²) in [6.45, 7) is 8.33. The molecule has 90 valence electrons. The lowest BCUT2D eigenvalue weighted by molar-refractivity contribution is 0.303. The smallest absolute Gasteiger partial charge is 0.298 e. The molecule has 5 heteroatoms. The zero-order valence-electron chi connectivity index (χ0n) is 10.0. The fraction of sp³-hybridized carbons (Fsp3) is 0.727. The molecule has 0 bridgehead atoms. The van der Waals surface area contributed by atoms with Gasteiger partial charge in [-0.25, -0.2) is 0 Å². The zero-order valence-corrected chi connectivity index (χ0v) is 11.6. The predicted molar refractivity (Wildman–Crippen MR) is 68.0 cm³/mol. The maximum Gasteiger partial charge on any atom is 0.298 e. The molecular weight excluding hydrogens is 270 g/mol. The minimum atomic E-state index is 0.364. The van der Waals surface area contributed by atoms with Crippen LogP contribution in [0.3, 0.4) is 0 Å². The van der Waals surface area contributed by atoms with Gasteiger partial charge in [-0.05, 0) is 23.0 Å². The Bertz CT molecular complexity index is 356. The van der Waals surface area contributed by atoms with Crippen molar-refractivity contribution in [2.45, 2.75) is 19.8 Å². The Morgan fingerprint density at radius 3 is 2.38 bits per heavy atom. The molecule has 4 nitrogen and oxygen atoms in total. The maximum atomic E-state index is 5.80. The van der Waals surface area contributed by atoms with Crippen molar-refractivity contribution in [3.8, 4) is 0 Å². The molecule has 0 aliphatic carbocycles. The van der Waals surface area contributed by atoms with Crippen LogP contribution in [0.15, 0.2) is 9.02 Å². The molecule has 0 radical (unpaired) electrons. The maximum absolute atomic E-state index is 5.80. The van der Waals surface area contributed by atoms with E-state index in [9.17, 15) is 0 Å². The first-order chi connectivity index (χ1) is 7.58. The third-order valence-electron chi connectivity index (χ3n) is 2.90. The van der Waals surface area contributed by atoms with Gasteiger partial charge in [0.2, 0.25) is 0 Å². The first-order valence-corrected chi connectivity index (χ1v) is 6.47. The van der Waals surface area contributed by atoms with Crippen molar-refractivity contribution in [3.05, 3.63) is 10.4 Å². The summed E-state index contributed by atoms with van der Waals surface area (Å²) in [6.07, 6.45) is 0. The quantitative estimate of drug-likeness (QED) is 0.836. The molecule has 1 aliphatic rings. The molecule has 0 spiro atoms. The molecule has 2 heterocycles. The van der Waals surface area contributed by atoms with E-state index < -0.39 is 0 Å². The number of hydrogen-bond acceptors (Lipinski definition) is 4. The Balaban J connectivity index is 2.12. The highest BCUT2D eigenvalue weighted by Gasteiger charge is 2.21. The van der Waals surface area contributed by atoms with E-state index in [4.69, 9.17) is 4.42 Å². The van der Waals surface area contributed by atoms with Crippen molar-refractivity contribution in [1.29, 1.82) is 0 Å². The minimum absolute atomic E-state index is 0.364. The van der Waals surface area contributed by atoms with Crippen LogP contribution >= 0.6 is 15.9 Å². The molecule has 0 amide bonds. The van der Waals surface area contributed by atoms with Crippen molar-refractivity contribution in [2.75, 3.05) is 38.1 Å². The van der Waals surface area contributed by atoms with Gasteiger partial charge >= 0.3 is 0 Å².